The van der Waals surface area contributed by atoms with E-state index in [0.29, 0.717) is 0 Å². The summed E-state index contributed by atoms with van der Waals surface area (Å²) in [6, 6.07) is 11.8. The quantitative estimate of drug-likeness (QED) is 0.798. The average Bonchev–Trinajstić information content (AvgIpc) is 2.88. The number of carbonyl (C=O) groups excluding carboxylic acids is 1. The second kappa shape index (κ2) is 6.89. The third kappa shape index (κ3) is 3.22. The molecule has 0 N–H and O–H groups in total. The minimum absolute atomic E-state index is 0. The molecule has 1 aliphatic rings. The summed E-state index contributed by atoms with van der Waals surface area (Å²) in [5.41, 5.74) is 2.40. The number of rotatable bonds is 3. The van der Waals surface area contributed by atoms with Gasteiger partial charge in [-0.05, 0) is 23.4 Å². The molecule has 2 heterocycles. The molecular weight excluding hydrogens is 331 g/mol. The summed E-state index contributed by atoms with van der Waals surface area (Å²) < 4.78 is 0. The van der Waals surface area contributed by atoms with Crippen molar-refractivity contribution in [3.05, 3.63) is 57.8 Å². The fourth-order valence-electron chi connectivity index (χ4n) is 2.48. The second-order valence-electron chi connectivity index (χ2n) is 4.52. The molecular formula is C15H14NOSY-. The average molecular weight is 345 g/mol. The molecule has 1 unspecified atom stereocenters. The van der Waals surface area contributed by atoms with Crippen molar-refractivity contribution < 1.29 is 37.5 Å². The maximum absolute atomic E-state index is 11.3. The Kier molecular flexibility index (Phi) is 5.46. The van der Waals surface area contributed by atoms with Crippen LogP contribution in [0.25, 0.3) is 0 Å². The van der Waals surface area contributed by atoms with Gasteiger partial charge in [0.1, 0.15) is 0 Å². The smallest absolute Gasteiger partial charge is 0.0225 e. The molecule has 3 rings (SSSR count). The summed E-state index contributed by atoms with van der Waals surface area (Å²) >= 11 is 1.82. The van der Waals surface area contributed by atoms with Crippen LogP contribution in [0.15, 0.2) is 41.8 Å². The van der Waals surface area contributed by atoms with Gasteiger partial charge in [-0.2, -0.15) is 0 Å². The van der Waals surface area contributed by atoms with Crippen LogP contribution in [0.3, 0.4) is 0 Å². The van der Waals surface area contributed by atoms with Crippen LogP contribution in [0.4, 0.5) is 0 Å². The Balaban J connectivity index is 0.00000133. The van der Waals surface area contributed by atoms with Gasteiger partial charge in [-0.1, -0.05) is 41.9 Å². The molecule has 1 aliphatic heterocycles. The standard InChI is InChI=1S/C15H14NOS.Y/c17-11-14(12-4-2-1-3-5-12)16-8-6-15-13(10-16)7-9-18-15;/h1-5,7,9,14H,6,8,10H2;/q-1;. The molecule has 0 bridgehead atoms. The fraction of sp³-hybridized carbons (Fsp3) is 0.267. The molecule has 1 atom stereocenters. The third-order valence-corrected chi connectivity index (χ3v) is 4.45. The molecule has 0 saturated heterocycles. The van der Waals surface area contributed by atoms with E-state index in [1.54, 1.807) is 0 Å². The minimum Gasteiger partial charge on any atom is -0.540 e. The SMILES string of the molecule is O=[C-]C(c1ccccc1)N1CCc2sccc2C1.[Y]. The molecule has 0 amide bonds. The van der Waals surface area contributed by atoms with Crippen LogP contribution < -0.4 is 0 Å². The molecule has 4 heteroatoms. The van der Waals surface area contributed by atoms with Crippen LogP contribution in [0, 0.1) is 0 Å². The van der Waals surface area contributed by atoms with Crippen molar-refractivity contribution >= 4 is 17.6 Å². The first-order chi connectivity index (χ1) is 8.88. The number of nitrogens with zero attached hydrogens (tertiary/aromatic N) is 1. The van der Waals surface area contributed by atoms with Crippen molar-refractivity contribution in [3.63, 3.8) is 0 Å². The summed E-state index contributed by atoms with van der Waals surface area (Å²) in [4.78, 5) is 15.0. The fourth-order valence-corrected chi connectivity index (χ4v) is 3.37. The molecule has 95 valence electrons. The van der Waals surface area contributed by atoms with Crippen molar-refractivity contribution in [2.24, 2.45) is 0 Å². The Morgan fingerprint density at radius 2 is 2.00 bits per heavy atom. The monoisotopic (exact) mass is 345 g/mol. The van der Waals surface area contributed by atoms with Crippen LogP contribution in [0.2, 0.25) is 0 Å². The number of thiophene rings is 1. The predicted octanol–water partition coefficient (Wildman–Crippen LogP) is 2.95. The van der Waals surface area contributed by atoms with Crippen LogP contribution in [-0.2, 0) is 50.5 Å². The summed E-state index contributed by atoms with van der Waals surface area (Å²) in [6.45, 7) is 1.79. The molecule has 2 nitrogen and oxygen atoms in total. The molecule has 0 fully saturated rings. The molecule has 1 aromatic carbocycles. The largest absolute Gasteiger partial charge is 0.540 e. The molecule has 2 aromatic rings. The van der Waals surface area contributed by atoms with Crippen LogP contribution >= 0.6 is 11.3 Å². The van der Waals surface area contributed by atoms with Gasteiger partial charge in [0.15, 0.2) is 0 Å². The van der Waals surface area contributed by atoms with Gasteiger partial charge in [-0.15, -0.1) is 11.3 Å². The molecule has 1 aromatic heterocycles. The summed E-state index contributed by atoms with van der Waals surface area (Å²) in [6.07, 6.45) is 3.23. The first kappa shape index (κ1) is 15.1. The molecule has 19 heavy (non-hydrogen) atoms. The molecule has 0 spiro atoms. The maximum Gasteiger partial charge on any atom is 0.0225 e. The summed E-state index contributed by atoms with van der Waals surface area (Å²) in [7, 11) is 0. The van der Waals surface area contributed by atoms with Gasteiger partial charge in [-0.3, -0.25) is 0 Å². The molecule has 0 saturated carbocycles. The topological polar surface area (TPSA) is 20.3 Å². The zero-order valence-electron chi connectivity index (χ0n) is 10.6. The van der Waals surface area contributed by atoms with Crippen LogP contribution in [0.1, 0.15) is 22.0 Å². The van der Waals surface area contributed by atoms with Gasteiger partial charge in [0.25, 0.3) is 0 Å². The number of hydrogen-bond acceptors (Lipinski definition) is 3. The first-order valence-corrected chi connectivity index (χ1v) is 6.98. The molecule has 1 radical (unpaired) electrons. The van der Waals surface area contributed by atoms with Crippen molar-refractivity contribution in [1.82, 2.24) is 4.90 Å². The van der Waals surface area contributed by atoms with Crippen LogP contribution in [0.5, 0.6) is 0 Å². The predicted molar refractivity (Wildman–Crippen MR) is 73.3 cm³/mol. The normalized spacial score (nSPS) is 16.2. The van der Waals surface area contributed by atoms with Gasteiger partial charge in [0.05, 0.1) is 0 Å². The van der Waals surface area contributed by atoms with Gasteiger partial charge in [0.2, 0.25) is 0 Å². The van der Waals surface area contributed by atoms with Gasteiger partial charge >= 0.3 is 0 Å². The van der Waals surface area contributed by atoms with E-state index in [-0.39, 0.29) is 38.8 Å². The Bertz CT molecular complexity index is 540. The van der Waals surface area contributed by atoms with E-state index in [9.17, 15) is 4.79 Å². The van der Waals surface area contributed by atoms with E-state index in [1.807, 2.05) is 41.7 Å². The zero-order chi connectivity index (χ0) is 12.4. The number of fused-ring (bicyclic) bond motifs is 1. The Labute approximate surface area is 142 Å². The van der Waals surface area contributed by atoms with E-state index in [1.165, 1.54) is 10.4 Å². The van der Waals surface area contributed by atoms with Crippen molar-refractivity contribution in [2.75, 3.05) is 6.54 Å². The first-order valence-electron chi connectivity index (χ1n) is 6.10. The van der Waals surface area contributed by atoms with Crippen molar-refractivity contribution in [3.8, 4) is 0 Å². The van der Waals surface area contributed by atoms with Crippen molar-refractivity contribution in [1.29, 1.82) is 0 Å². The van der Waals surface area contributed by atoms with E-state index >= 15 is 0 Å². The molecule has 0 aliphatic carbocycles. The Hall–Kier alpha value is -0.346. The second-order valence-corrected chi connectivity index (χ2v) is 5.52. The van der Waals surface area contributed by atoms with Gasteiger partial charge < -0.3 is 9.69 Å². The Morgan fingerprint density at radius 1 is 1.21 bits per heavy atom. The third-order valence-electron chi connectivity index (χ3n) is 3.43. The summed E-state index contributed by atoms with van der Waals surface area (Å²) in [5.74, 6) is 0. The van der Waals surface area contributed by atoms with E-state index in [0.717, 1.165) is 25.1 Å². The summed E-state index contributed by atoms with van der Waals surface area (Å²) in [5, 5.41) is 2.14. The number of hydrogen-bond donors (Lipinski definition) is 0. The van der Waals surface area contributed by atoms with E-state index in [2.05, 4.69) is 22.6 Å². The zero-order valence-corrected chi connectivity index (χ0v) is 14.2. The van der Waals surface area contributed by atoms with E-state index < -0.39 is 0 Å². The van der Waals surface area contributed by atoms with Crippen LogP contribution in [-0.4, -0.2) is 17.7 Å². The van der Waals surface area contributed by atoms with E-state index in [4.69, 9.17) is 0 Å². The minimum atomic E-state index is -0.237. The van der Waals surface area contributed by atoms with Gasteiger partial charge in [0, 0.05) is 50.7 Å². The maximum atomic E-state index is 11.3. The van der Waals surface area contributed by atoms with Crippen molar-refractivity contribution in [2.45, 2.75) is 19.0 Å². The van der Waals surface area contributed by atoms with Gasteiger partial charge in [-0.25, -0.2) is 6.29 Å². The number of benzene rings is 1. The Morgan fingerprint density at radius 3 is 2.74 bits per heavy atom.